The lowest BCUT2D eigenvalue weighted by molar-refractivity contribution is -0.116. The molecule has 28 heavy (non-hydrogen) atoms. The van der Waals surface area contributed by atoms with Gasteiger partial charge in [0.1, 0.15) is 5.82 Å². The van der Waals surface area contributed by atoms with Gasteiger partial charge in [0, 0.05) is 12.5 Å². The van der Waals surface area contributed by atoms with E-state index >= 15 is 0 Å². The number of aromatic nitrogens is 1. The lowest BCUT2D eigenvalue weighted by Gasteiger charge is -2.23. The van der Waals surface area contributed by atoms with Gasteiger partial charge in [-0.1, -0.05) is 25.3 Å². The summed E-state index contributed by atoms with van der Waals surface area (Å²) in [5.41, 5.74) is 1.74. The Bertz CT molecular complexity index is 771. The van der Waals surface area contributed by atoms with E-state index in [2.05, 4.69) is 15.6 Å². The zero-order valence-electron chi connectivity index (χ0n) is 16.7. The van der Waals surface area contributed by atoms with Crippen molar-refractivity contribution in [2.45, 2.75) is 51.0 Å². The van der Waals surface area contributed by atoms with Gasteiger partial charge in [-0.3, -0.25) is 4.79 Å². The number of hydrogen-bond acceptors (Lipinski definition) is 5. The number of benzene rings is 1. The van der Waals surface area contributed by atoms with Gasteiger partial charge < -0.3 is 20.1 Å². The topological polar surface area (TPSA) is 72.5 Å². The predicted octanol–water partition coefficient (Wildman–Crippen LogP) is 4.41. The van der Waals surface area contributed by atoms with E-state index in [0.717, 1.165) is 11.4 Å². The highest BCUT2D eigenvalue weighted by molar-refractivity contribution is 5.90. The highest BCUT2D eigenvalue weighted by atomic mass is 16.5. The molecule has 1 aromatic carbocycles. The van der Waals surface area contributed by atoms with Gasteiger partial charge in [-0.2, -0.15) is 0 Å². The number of aryl methyl sites for hydroxylation is 1. The predicted molar refractivity (Wildman–Crippen MR) is 111 cm³/mol. The molecule has 0 unspecified atom stereocenters. The number of hydrogen-bond donors (Lipinski definition) is 2. The number of amides is 1. The average molecular weight is 383 g/mol. The van der Waals surface area contributed by atoms with Crippen LogP contribution in [0.2, 0.25) is 0 Å². The second-order valence-corrected chi connectivity index (χ2v) is 7.15. The Kier molecular flexibility index (Phi) is 7.12. The molecule has 1 fully saturated rings. The van der Waals surface area contributed by atoms with E-state index < -0.39 is 0 Å². The molecule has 6 heteroatoms. The van der Waals surface area contributed by atoms with Crippen molar-refractivity contribution >= 4 is 17.4 Å². The van der Waals surface area contributed by atoms with Gasteiger partial charge in [0.05, 0.1) is 26.1 Å². The lowest BCUT2D eigenvalue weighted by atomic mass is 9.95. The molecule has 0 saturated heterocycles. The quantitative estimate of drug-likeness (QED) is 0.706. The summed E-state index contributed by atoms with van der Waals surface area (Å²) in [6, 6.07) is 10.0. The van der Waals surface area contributed by atoms with E-state index in [9.17, 15) is 4.79 Å². The number of nitrogens with one attached hydrogen (secondary N) is 2. The molecule has 0 atom stereocenters. The summed E-state index contributed by atoms with van der Waals surface area (Å²) in [6.07, 6.45) is 9.03. The molecule has 0 aliphatic heterocycles. The molecular weight excluding hydrogens is 354 g/mol. The summed E-state index contributed by atoms with van der Waals surface area (Å²) in [7, 11) is 3.21. The number of rotatable bonds is 8. The standard InChI is InChI=1S/C22H29N3O3/c1-27-19-11-8-16(14-20(19)28-2)9-13-22(26)25-18-10-12-21(23-15-18)24-17-6-4-3-5-7-17/h8,10-12,14-15,17H,3-7,9,13H2,1-2H3,(H,23,24)(H,25,26). The van der Waals surface area contributed by atoms with Crippen LogP contribution in [0.5, 0.6) is 11.5 Å². The summed E-state index contributed by atoms with van der Waals surface area (Å²) in [5.74, 6) is 2.19. The van der Waals surface area contributed by atoms with Crippen molar-refractivity contribution in [3.05, 3.63) is 42.1 Å². The second kappa shape index (κ2) is 9.97. The van der Waals surface area contributed by atoms with Crippen molar-refractivity contribution < 1.29 is 14.3 Å². The minimum absolute atomic E-state index is 0.0374. The number of carbonyl (C=O) groups is 1. The van der Waals surface area contributed by atoms with Gasteiger partial charge in [-0.05, 0) is 49.1 Å². The maximum Gasteiger partial charge on any atom is 0.224 e. The molecule has 1 aromatic heterocycles. The third-order valence-corrected chi connectivity index (χ3v) is 5.09. The first-order chi connectivity index (χ1) is 13.7. The van der Waals surface area contributed by atoms with E-state index in [-0.39, 0.29) is 5.91 Å². The molecule has 0 bridgehead atoms. The Morgan fingerprint density at radius 2 is 1.86 bits per heavy atom. The fraction of sp³-hybridized carbons (Fsp3) is 0.455. The Morgan fingerprint density at radius 1 is 1.07 bits per heavy atom. The fourth-order valence-corrected chi connectivity index (χ4v) is 3.53. The highest BCUT2D eigenvalue weighted by Crippen LogP contribution is 2.28. The van der Waals surface area contributed by atoms with Crippen molar-refractivity contribution in [1.29, 1.82) is 0 Å². The van der Waals surface area contributed by atoms with Gasteiger partial charge in [-0.15, -0.1) is 0 Å². The second-order valence-electron chi connectivity index (χ2n) is 7.15. The fourth-order valence-electron chi connectivity index (χ4n) is 3.53. The molecular formula is C22H29N3O3. The maximum absolute atomic E-state index is 12.3. The minimum atomic E-state index is -0.0374. The highest BCUT2D eigenvalue weighted by Gasteiger charge is 2.13. The summed E-state index contributed by atoms with van der Waals surface area (Å²) >= 11 is 0. The van der Waals surface area contributed by atoms with E-state index in [4.69, 9.17) is 9.47 Å². The number of methoxy groups -OCH3 is 2. The minimum Gasteiger partial charge on any atom is -0.493 e. The third-order valence-electron chi connectivity index (χ3n) is 5.09. The van der Waals surface area contributed by atoms with Crippen molar-refractivity contribution in [3.63, 3.8) is 0 Å². The molecule has 3 rings (SSSR count). The van der Waals surface area contributed by atoms with Crippen LogP contribution in [0.25, 0.3) is 0 Å². The van der Waals surface area contributed by atoms with Crippen LogP contribution in [0.1, 0.15) is 44.1 Å². The molecule has 1 aliphatic rings. The lowest BCUT2D eigenvalue weighted by Crippen LogP contribution is -2.22. The van der Waals surface area contributed by atoms with E-state index in [1.54, 1.807) is 20.4 Å². The molecule has 6 nitrogen and oxygen atoms in total. The molecule has 1 saturated carbocycles. The van der Waals surface area contributed by atoms with E-state index in [0.29, 0.717) is 36.1 Å². The average Bonchev–Trinajstić information content (AvgIpc) is 2.74. The zero-order chi connectivity index (χ0) is 19.8. The molecule has 1 heterocycles. The first-order valence-corrected chi connectivity index (χ1v) is 9.91. The van der Waals surface area contributed by atoms with Crippen LogP contribution >= 0.6 is 0 Å². The number of ether oxygens (including phenoxy) is 2. The number of anilines is 2. The summed E-state index contributed by atoms with van der Waals surface area (Å²) in [6.45, 7) is 0. The number of pyridine rings is 1. The van der Waals surface area contributed by atoms with Crippen LogP contribution in [0.3, 0.4) is 0 Å². The van der Waals surface area contributed by atoms with Gasteiger partial charge >= 0.3 is 0 Å². The maximum atomic E-state index is 12.3. The Balaban J connectivity index is 1.48. The van der Waals surface area contributed by atoms with E-state index in [1.165, 1.54) is 32.1 Å². The van der Waals surface area contributed by atoms with Crippen molar-refractivity contribution in [2.24, 2.45) is 0 Å². The van der Waals surface area contributed by atoms with Crippen molar-refractivity contribution in [3.8, 4) is 11.5 Å². The van der Waals surface area contributed by atoms with Crippen molar-refractivity contribution in [1.82, 2.24) is 4.98 Å². The largest absolute Gasteiger partial charge is 0.493 e. The molecule has 150 valence electrons. The van der Waals surface area contributed by atoms with E-state index in [1.807, 2.05) is 30.3 Å². The molecule has 2 N–H and O–H groups in total. The van der Waals surface area contributed by atoms with Gasteiger partial charge in [0.15, 0.2) is 11.5 Å². The van der Waals surface area contributed by atoms with Crippen LogP contribution in [-0.4, -0.2) is 31.2 Å². The molecule has 0 spiro atoms. The van der Waals surface area contributed by atoms with Crippen LogP contribution < -0.4 is 20.1 Å². The van der Waals surface area contributed by atoms with Crippen LogP contribution in [0.15, 0.2) is 36.5 Å². The monoisotopic (exact) mass is 383 g/mol. The molecule has 0 radical (unpaired) electrons. The molecule has 1 amide bonds. The van der Waals surface area contributed by atoms with Gasteiger partial charge in [0.25, 0.3) is 0 Å². The summed E-state index contributed by atoms with van der Waals surface area (Å²) in [4.78, 5) is 16.7. The number of nitrogens with zero attached hydrogens (tertiary/aromatic N) is 1. The van der Waals surface area contributed by atoms with Crippen molar-refractivity contribution in [2.75, 3.05) is 24.9 Å². The summed E-state index contributed by atoms with van der Waals surface area (Å²) in [5, 5.41) is 6.39. The van der Waals surface area contributed by atoms with Gasteiger partial charge in [0.2, 0.25) is 5.91 Å². The normalized spacial score (nSPS) is 14.4. The number of carbonyl (C=O) groups excluding carboxylic acids is 1. The molecule has 1 aliphatic carbocycles. The zero-order valence-corrected chi connectivity index (χ0v) is 16.7. The first kappa shape index (κ1) is 20.0. The van der Waals surface area contributed by atoms with Crippen LogP contribution in [0, 0.1) is 0 Å². The third kappa shape index (κ3) is 5.62. The first-order valence-electron chi connectivity index (χ1n) is 9.91. The SMILES string of the molecule is COc1ccc(CCC(=O)Nc2ccc(NC3CCCCC3)nc2)cc1OC. The Labute approximate surface area is 166 Å². The van der Waals surface area contributed by atoms with Crippen LogP contribution in [0.4, 0.5) is 11.5 Å². The Morgan fingerprint density at radius 3 is 2.54 bits per heavy atom. The smallest absolute Gasteiger partial charge is 0.224 e. The van der Waals surface area contributed by atoms with Gasteiger partial charge in [-0.25, -0.2) is 4.98 Å². The van der Waals surface area contributed by atoms with Crippen LogP contribution in [-0.2, 0) is 11.2 Å². The molecule has 2 aromatic rings. The Hall–Kier alpha value is -2.76. The summed E-state index contributed by atoms with van der Waals surface area (Å²) < 4.78 is 10.5.